The summed E-state index contributed by atoms with van der Waals surface area (Å²) in [6.45, 7) is 7.52. The molecule has 0 heterocycles. The van der Waals surface area contributed by atoms with Gasteiger partial charge >= 0.3 is 0 Å². The molecule has 0 aliphatic rings. The van der Waals surface area contributed by atoms with Crippen molar-refractivity contribution in [1.29, 1.82) is 0 Å². The Balaban J connectivity index is 3.13. The van der Waals surface area contributed by atoms with Crippen LogP contribution in [0.1, 0.15) is 52.9 Å². The molecule has 0 spiro atoms. The second-order valence-electron chi connectivity index (χ2n) is 4.16. The molecule has 0 rings (SSSR count). The Morgan fingerprint density at radius 3 is 2.43 bits per heavy atom. The van der Waals surface area contributed by atoms with Gasteiger partial charge in [-0.25, -0.2) is 0 Å². The largest absolute Gasteiger partial charge is 0.379 e. The summed E-state index contributed by atoms with van der Waals surface area (Å²) in [7, 11) is 2.02. The van der Waals surface area contributed by atoms with Crippen LogP contribution in [0.5, 0.6) is 0 Å². The zero-order valence-electron chi connectivity index (χ0n) is 10.3. The summed E-state index contributed by atoms with van der Waals surface area (Å²) >= 11 is 0. The molecule has 0 bridgehead atoms. The van der Waals surface area contributed by atoms with Gasteiger partial charge < -0.3 is 10.1 Å². The summed E-state index contributed by atoms with van der Waals surface area (Å²) in [4.78, 5) is 0. The first-order chi connectivity index (χ1) is 6.70. The number of rotatable bonds is 9. The number of hydrogen-bond acceptors (Lipinski definition) is 2. The topological polar surface area (TPSA) is 21.3 Å². The zero-order valence-corrected chi connectivity index (χ0v) is 10.3. The van der Waals surface area contributed by atoms with E-state index in [4.69, 9.17) is 4.74 Å². The monoisotopic (exact) mass is 201 g/mol. The SMILES string of the molecule is CCCC(C)OCCCCC(C)NC. The quantitative estimate of drug-likeness (QED) is 0.579. The highest BCUT2D eigenvalue weighted by Gasteiger charge is 2.01. The minimum Gasteiger partial charge on any atom is -0.379 e. The Morgan fingerprint density at radius 1 is 1.14 bits per heavy atom. The lowest BCUT2D eigenvalue weighted by molar-refractivity contribution is 0.0569. The first kappa shape index (κ1) is 13.9. The van der Waals surface area contributed by atoms with Crippen molar-refractivity contribution in [2.24, 2.45) is 0 Å². The van der Waals surface area contributed by atoms with Crippen molar-refractivity contribution in [2.75, 3.05) is 13.7 Å². The lowest BCUT2D eigenvalue weighted by Gasteiger charge is -2.13. The summed E-state index contributed by atoms with van der Waals surface area (Å²) in [6, 6.07) is 0.642. The van der Waals surface area contributed by atoms with E-state index in [2.05, 4.69) is 26.1 Å². The molecule has 0 aliphatic heterocycles. The summed E-state index contributed by atoms with van der Waals surface area (Å²) in [5.41, 5.74) is 0. The highest BCUT2D eigenvalue weighted by atomic mass is 16.5. The van der Waals surface area contributed by atoms with E-state index >= 15 is 0 Å². The van der Waals surface area contributed by atoms with Gasteiger partial charge in [-0.05, 0) is 46.6 Å². The van der Waals surface area contributed by atoms with Crippen molar-refractivity contribution < 1.29 is 4.74 Å². The van der Waals surface area contributed by atoms with Crippen LogP contribution in [0.4, 0.5) is 0 Å². The van der Waals surface area contributed by atoms with Gasteiger partial charge in [0.2, 0.25) is 0 Å². The van der Waals surface area contributed by atoms with Gasteiger partial charge in [-0.2, -0.15) is 0 Å². The average Bonchev–Trinajstić information content (AvgIpc) is 2.17. The van der Waals surface area contributed by atoms with Crippen molar-refractivity contribution >= 4 is 0 Å². The number of hydrogen-bond donors (Lipinski definition) is 1. The summed E-state index contributed by atoms with van der Waals surface area (Å²) < 4.78 is 5.68. The second-order valence-corrected chi connectivity index (χ2v) is 4.16. The minimum absolute atomic E-state index is 0.446. The van der Waals surface area contributed by atoms with E-state index in [1.54, 1.807) is 0 Å². The third-order valence-electron chi connectivity index (χ3n) is 2.62. The van der Waals surface area contributed by atoms with Gasteiger partial charge in [0.25, 0.3) is 0 Å². The number of nitrogens with one attached hydrogen (secondary N) is 1. The fraction of sp³-hybridized carbons (Fsp3) is 1.00. The molecule has 0 aromatic carbocycles. The van der Waals surface area contributed by atoms with Crippen molar-refractivity contribution in [1.82, 2.24) is 5.32 Å². The van der Waals surface area contributed by atoms with E-state index in [9.17, 15) is 0 Å². The van der Waals surface area contributed by atoms with Gasteiger partial charge in [-0.3, -0.25) is 0 Å². The second kappa shape index (κ2) is 9.47. The van der Waals surface area contributed by atoms with Crippen LogP contribution in [-0.2, 0) is 4.74 Å². The Hall–Kier alpha value is -0.0800. The van der Waals surface area contributed by atoms with E-state index in [0.717, 1.165) is 6.61 Å². The Bertz CT molecular complexity index is 117. The molecule has 0 fully saturated rings. The standard InChI is InChI=1S/C12H27NO/c1-5-8-12(3)14-10-7-6-9-11(2)13-4/h11-13H,5-10H2,1-4H3. The van der Waals surface area contributed by atoms with Crippen LogP contribution < -0.4 is 5.32 Å². The summed E-state index contributed by atoms with van der Waals surface area (Å²) in [5.74, 6) is 0. The third kappa shape index (κ3) is 8.52. The summed E-state index contributed by atoms with van der Waals surface area (Å²) in [6.07, 6.45) is 6.56. The van der Waals surface area contributed by atoms with Gasteiger partial charge in [-0.15, -0.1) is 0 Å². The molecule has 2 nitrogen and oxygen atoms in total. The highest BCUT2D eigenvalue weighted by Crippen LogP contribution is 2.04. The van der Waals surface area contributed by atoms with Crippen molar-refractivity contribution in [3.05, 3.63) is 0 Å². The van der Waals surface area contributed by atoms with Gasteiger partial charge in [-0.1, -0.05) is 13.3 Å². The molecule has 0 saturated heterocycles. The van der Waals surface area contributed by atoms with Crippen LogP contribution in [0.2, 0.25) is 0 Å². The molecule has 0 saturated carbocycles. The molecule has 0 aromatic heterocycles. The molecular weight excluding hydrogens is 174 g/mol. The first-order valence-electron chi connectivity index (χ1n) is 5.99. The summed E-state index contributed by atoms with van der Waals surface area (Å²) in [5, 5.41) is 3.24. The molecule has 0 amide bonds. The molecule has 1 N–H and O–H groups in total. The van der Waals surface area contributed by atoms with Crippen molar-refractivity contribution in [3.63, 3.8) is 0 Å². The van der Waals surface area contributed by atoms with Crippen LogP contribution in [0.25, 0.3) is 0 Å². The van der Waals surface area contributed by atoms with Crippen LogP contribution in [0.3, 0.4) is 0 Å². The molecule has 2 atom stereocenters. The maximum Gasteiger partial charge on any atom is 0.0546 e. The number of ether oxygens (including phenoxy) is 1. The van der Waals surface area contributed by atoms with E-state index in [1.807, 2.05) is 7.05 Å². The molecule has 0 radical (unpaired) electrons. The molecule has 0 aliphatic carbocycles. The molecular formula is C12H27NO. The maximum atomic E-state index is 5.68. The van der Waals surface area contributed by atoms with Crippen LogP contribution in [-0.4, -0.2) is 25.8 Å². The van der Waals surface area contributed by atoms with Crippen molar-refractivity contribution in [2.45, 2.75) is 65.0 Å². The molecule has 2 heteroatoms. The molecule has 2 unspecified atom stereocenters. The molecule has 14 heavy (non-hydrogen) atoms. The van der Waals surface area contributed by atoms with Crippen LogP contribution in [0, 0.1) is 0 Å². The van der Waals surface area contributed by atoms with E-state index in [-0.39, 0.29) is 0 Å². The van der Waals surface area contributed by atoms with Crippen LogP contribution in [0.15, 0.2) is 0 Å². The Labute approximate surface area is 89.4 Å². The first-order valence-corrected chi connectivity index (χ1v) is 5.99. The Morgan fingerprint density at radius 2 is 1.86 bits per heavy atom. The third-order valence-corrected chi connectivity index (χ3v) is 2.62. The lowest BCUT2D eigenvalue weighted by atomic mass is 10.1. The van der Waals surface area contributed by atoms with Gasteiger partial charge in [0, 0.05) is 12.6 Å². The lowest BCUT2D eigenvalue weighted by Crippen LogP contribution is -2.20. The predicted octanol–water partition coefficient (Wildman–Crippen LogP) is 2.97. The molecule has 86 valence electrons. The fourth-order valence-electron chi connectivity index (χ4n) is 1.47. The minimum atomic E-state index is 0.446. The van der Waals surface area contributed by atoms with Crippen LogP contribution >= 0.6 is 0 Å². The average molecular weight is 201 g/mol. The number of unbranched alkanes of at least 4 members (excludes halogenated alkanes) is 1. The highest BCUT2D eigenvalue weighted by molar-refractivity contribution is 4.56. The predicted molar refractivity (Wildman–Crippen MR) is 62.7 cm³/mol. The normalized spacial score (nSPS) is 15.4. The van der Waals surface area contributed by atoms with Crippen molar-refractivity contribution in [3.8, 4) is 0 Å². The van der Waals surface area contributed by atoms with E-state index < -0.39 is 0 Å². The zero-order chi connectivity index (χ0) is 10.8. The van der Waals surface area contributed by atoms with Gasteiger partial charge in [0.15, 0.2) is 0 Å². The Kier molecular flexibility index (Phi) is 9.42. The van der Waals surface area contributed by atoms with Gasteiger partial charge in [0.1, 0.15) is 0 Å². The fourth-order valence-corrected chi connectivity index (χ4v) is 1.47. The van der Waals surface area contributed by atoms with Gasteiger partial charge in [0.05, 0.1) is 6.10 Å². The molecule has 0 aromatic rings. The van der Waals surface area contributed by atoms with E-state index in [1.165, 1.54) is 32.1 Å². The van der Waals surface area contributed by atoms with E-state index in [0.29, 0.717) is 12.1 Å². The smallest absolute Gasteiger partial charge is 0.0546 e. The maximum absolute atomic E-state index is 5.68.